The van der Waals surface area contributed by atoms with E-state index in [4.69, 9.17) is 4.74 Å². The van der Waals surface area contributed by atoms with Crippen molar-refractivity contribution in [1.29, 1.82) is 0 Å². The smallest absolute Gasteiger partial charge is 0.548 e. The van der Waals surface area contributed by atoms with E-state index >= 15 is 0 Å². The molecule has 0 bridgehead atoms. The summed E-state index contributed by atoms with van der Waals surface area (Å²) in [6.07, 6.45) is 7.00. The van der Waals surface area contributed by atoms with Crippen LogP contribution in [0, 0.1) is 11.6 Å². The van der Waals surface area contributed by atoms with E-state index in [9.17, 15) is 18.7 Å². The Labute approximate surface area is 222 Å². The summed E-state index contributed by atoms with van der Waals surface area (Å²) in [5.74, 6) is -3.14. The van der Waals surface area contributed by atoms with Crippen molar-refractivity contribution in [3.8, 4) is 0 Å². The molecule has 0 amide bonds. The topological polar surface area (TPSA) is 62.2 Å². The number of aliphatic carboxylic acids is 1. The van der Waals surface area contributed by atoms with Gasteiger partial charge in [-0.25, -0.2) is 13.8 Å². The molecule has 3 aromatic carbocycles. The number of fused-ring (bicyclic) bond motifs is 3. The van der Waals surface area contributed by atoms with Gasteiger partial charge in [0, 0.05) is 11.5 Å². The maximum atomic E-state index is 13.6. The van der Waals surface area contributed by atoms with E-state index < -0.39 is 30.3 Å². The second-order valence-electron chi connectivity index (χ2n) is 7.94. The van der Waals surface area contributed by atoms with Crippen molar-refractivity contribution in [2.24, 2.45) is 0 Å². The first-order valence-corrected chi connectivity index (χ1v) is 10.6. The number of ether oxygens (including phenoxy) is 1. The van der Waals surface area contributed by atoms with Gasteiger partial charge in [0.25, 0.3) is 0 Å². The molecule has 1 heterocycles. The summed E-state index contributed by atoms with van der Waals surface area (Å²) >= 11 is 0. The normalized spacial score (nSPS) is 14.3. The van der Waals surface area contributed by atoms with Crippen molar-refractivity contribution >= 4 is 41.2 Å². The van der Waals surface area contributed by atoms with Crippen molar-refractivity contribution in [1.82, 2.24) is 4.98 Å². The Morgan fingerprint density at radius 2 is 1.66 bits per heavy atom. The third kappa shape index (κ3) is 5.41. The predicted molar refractivity (Wildman–Crippen MR) is 125 cm³/mol. The van der Waals surface area contributed by atoms with E-state index in [1.54, 1.807) is 18.2 Å². The van der Waals surface area contributed by atoms with Gasteiger partial charge in [-0.2, -0.15) is 0 Å². The second-order valence-corrected chi connectivity index (χ2v) is 7.94. The zero-order chi connectivity index (χ0) is 23.7. The molecule has 4 nitrogen and oxygen atoms in total. The first kappa shape index (κ1) is 24.9. The fourth-order valence-corrected chi connectivity index (χ4v) is 4.06. The molecular weight excluding hydrogens is 459 g/mol. The molecule has 0 saturated carbocycles. The van der Waals surface area contributed by atoms with Gasteiger partial charge in [0.2, 0.25) is 0 Å². The molecule has 168 valence electrons. The number of nitrogens with zero attached hydrogens (tertiary/aromatic N) is 1. The van der Waals surface area contributed by atoms with Crippen LogP contribution in [0.1, 0.15) is 39.6 Å². The fraction of sp³-hybridized carbons (Fsp3) is 0.0714. The van der Waals surface area contributed by atoms with Crippen molar-refractivity contribution in [3.05, 3.63) is 112 Å². The van der Waals surface area contributed by atoms with E-state index in [-0.39, 0.29) is 29.6 Å². The Balaban J connectivity index is 0.00000289. The third-order valence-corrected chi connectivity index (χ3v) is 5.68. The summed E-state index contributed by atoms with van der Waals surface area (Å²) in [5, 5.41) is 11.6. The van der Waals surface area contributed by atoms with Gasteiger partial charge in [-0.3, -0.25) is 0 Å². The maximum Gasteiger partial charge on any atom is 1.00 e. The third-order valence-electron chi connectivity index (χ3n) is 5.68. The molecule has 0 radical (unpaired) electrons. The Morgan fingerprint density at radius 1 is 0.914 bits per heavy atom. The van der Waals surface area contributed by atoms with E-state index in [2.05, 4.69) is 4.98 Å². The van der Waals surface area contributed by atoms with E-state index in [1.165, 1.54) is 0 Å². The molecule has 35 heavy (non-hydrogen) atoms. The first-order valence-electron chi connectivity index (χ1n) is 10.6. The molecule has 4 aromatic rings. The molecule has 1 aliphatic rings. The largest absolute Gasteiger partial charge is 1.00 e. The van der Waals surface area contributed by atoms with Crippen molar-refractivity contribution in [2.45, 2.75) is 6.10 Å². The number of hydrogen-bond donors (Lipinski definition) is 0. The van der Waals surface area contributed by atoms with Gasteiger partial charge in [-0.05, 0) is 52.1 Å². The first-order chi connectivity index (χ1) is 16.5. The number of halogens is 2. The maximum absolute atomic E-state index is 13.6. The molecule has 0 saturated heterocycles. The molecule has 0 aliphatic heterocycles. The standard InChI is InChI=1S/C28H19F2NO3.Na/c29-24-14-20-10-12-21(31-26(20)15-25(24)30)11-6-17-5-7-19-9-8-18-3-1-2-4-22(18)28(23(19)13-17)34-16-27(32)33;/h1-15,28H,16H2,(H,32,33);/q;+1/p-1/b11-6+;. The second kappa shape index (κ2) is 10.6. The minimum Gasteiger partial charge on any atom is -0.548 e. The number of rotatable bonds is 5. The summed E-state index contributed by atoms with van der Waals surface area (Å²) < 4.78 is 32.8. The molecule has 1 unspecified atom stereocenters. The van der Waals surface area contributed by atoms with Crippen LogP contribution in [0.5, 0.6) is 0 Å². The number of hydrogen-bond acceptors (Lipinski definition) is 4. The quantitative estimate of drug-likeness (QED) is 0.413. The molecule has 7 heteroatoms. The van der Waals surface area contributed by atoms with E-state index in [0.29, 0.717) is 16.6 Å². The van der Waals surface area contributed by atoms with Gasteiger partial charge in [0.1, 0.15) is 6.10 Å². The minimum absolute atomic E-state index is 0. The van der Waals surface area contributed by atoms with Crippen LogP contribution in [0.25, 0.3) is 35.2 Å². The Morgan fingerprint density at radius 3 is 2.46 bits per heavy atom. The molecule has 0 fully saturated rings. The molecule has 0 spiro atoms. The molecule has 1 atom stereocenters. The Kier molecular flexibility index (Phi) is 7.57. The predicted octanol–water partition coefficient (Wildman–Crippen LogP) is 2.03. The molecule has 0 N–H and O–H groups in total. The number of aromatic nitrogens is 1. The number of carbonyl (C=O) groups is 1. The molecular formula is C28H18F2NNaO3. The zero-order valence-corrected chi connectivity index (χ0v) is 20.9. The summed E-state index contributed by atoms with van der Waals surface area (Å²) in [7, 11) is 0. The number of carboxylic acids is 1. The molecule has 5 rings (SSSR count). The average Bonchev–Trinajstić information content (AvgIpc) is 2.98. The van der Waals surface area contributed by atoms with Gasteiger partial charge in [0.15, 0.2) is 11.6 Å². The summed E-state index contributed by atoms with van der Waals surface area (Å²) in [4.78, 5) is 15.5. The summed E-state index contributed by atoms with van der Waals surface area (Å²) in [6, 6.07) is 19.1. The van der Waals surface area contributed by atoms with Gasteiger partial charge in [-0.1, -0.05) is 60.7 Å². The van der Waals surface area contributed by atoms with Crippen molar-refractivity contribution in [3.63, 3.8) is 0 Å². The van der Waals surface area contributed by atoms with Crippen LogP contribution in [-0.2, 0) is 9.53 Å². The van der Waals surface area contributed by atoms with E-state index in [1.807, 2.05) is 60.7 Å². The minimum atomic E-state index is -1.29. The van der Waals surface area contributed by atoms with Gasteiger partial charge < -0.3 is 14.6 Å². The zero-order valence-electron chi connectivity index (χ0n) is 18.9. The number of benzene rings is 3. The Hall–Kier alpha value is -3.16. The summed E-state index contributed by atoms with van der Waals surface area (Å²) in [5.41, 5.74) is 5.35. The van der Waals surface area contributed by atoms with Gasteiger partial charge in [0.05, 0.1) is 23.8 Å². The van der Waals surface area contributed by atoms with Crippen LogP contribution in [0.2, 0.25) is 0 Å². The molecule has 1 aromatic heterocycles. The number of carbonyl (C=O) groups excluding carboxylic acids is 1. The average molecular weight is 477 g/mol. The Bertz CT molecular complexity index is 1480. The molecule has 1 aliphatic carbocycles. The SMILES string of the molecule is O=C([O-])COC1c2ccccc2C=Cc2ccc(/C=C/c3ccc4cc(F)c(F)cc4n3)cc21.[Na+]. The van der Waals surface area contributed by atoms with E-state index in [0.717, 1.165) is 39.9 Å². The van der Waals surface area contributed by atoms with Crippen LogP contribution in [0.15, 0.2) is 66.7 Å². The fourth-order valence-electron chi connectivity index (χ4n) is 4.06. The summed E-state index contributed by atoms with van der Waals surface area (Å²) in [6.45, 7) is -0.531. The van der Waals surface area contributed by atoms with Crippen molar-refractivity contribution in [2.75, 3.05) is 6.61 Å². The van der Waals surface area contributed by atoms with Crippen LogP contribution >= 0.6 is 0 Å². The number of pyridine rings is 1. The van der Waals surface area contributed by atoms with Gasteiger partial charge in [-0.15, -0.1) is 0 Å². The van der Waals surface area contributed by atoms with Crippen LogP contribution in [0.3, 0.4) is 0 Å². The number of carboxylic acid groups (broad SMARTS) is 1. The van der Waals surface area contributed by atoms with Gasteiger partial charge >= 0.3 is 29.6 Å². The van der Waals surface area contributed by atoms with Crippen LogP contribution in [0.4, 0.5) is 8.78 Å². The monoisotopic (exact) mass is 477 g/mol. The van der Waals surface area contributed by atoms with Crippen LogP contribution in [-0.4, -0.2) is 17.6 Å². The van der Waals surface area contributed by atoms with Crippen LogP contribution < -0.4 is 34.7 Å². The van der Waals surface area contributed by atoms with Crippen molar-refractivity contribution < 1.29 is 53.0 Å².